The highest BCUT2D eigenvalue weighted by Gasteiger charge is 2.49. The highest BCUT2D eigenvalue weighted by Crippen LogP contribution is 2.45. The summed E-state index contributed by atoms with van der Waals surface area (Å²) in [6, 6.07) is 8.99. The number of phenolic OH excluding ortho intramolecular Hbond substituents is 2. The average molecular weight is 601 g/mol. The summed E-state index contributed by atoms with van der Waals surface area (Å²) in [6.07, 6.45) is -5.47. The largest absolute Gasteiger partial charge is 0.504 e. The van der Waals surface area contributed by atoms with Crippen LogP contribution in [0, 0.1) is 0 Å². The molecule has 0 amide bonds. The first kappa shape index (κ1) is 30.3. The van der Waals surface area contributed by atoms with E-state index in [-0.39, 0.29) is 28.6 Å². The van der Waals surface area contributed by atoms with Gasteiger partial charge in [-0.25, -0.2) is 9.59 Å². The van der Waals surface area contributed by atoms with Gasteiger partial charge in [-0.05, 0) is 49.8 Å². The van der Waals surface area contributed by atoms with Crippen LogP contribution in [-0.2, 0) is 25.4 Å². The minimum atomic E-state index is -1.68. The maximum atomic E-state index is 12.3. The van der Waals surface area contributed by atoms with Crippen LogP contribution in [0.3, 0.4) is 0 Å². The van der Waals surface area contributed by atoms with Crippen molar-refractivity contribution in [1.82, 2.24) is 0 Å². The Balaban J connectivity index is 1.23. The first-order valence-corrected chi connectivity index (χ1v) is 13.4. The molecule has 0 radical (unpaired) electrons. The molecule has 13 heteroatoms. The second-order valence-electron chi connectivity index (χ2n) is 10.8. The number of carbonyl (C=O) groups is 1. The van der Waals surface area contributed by atoms with Crippen LogP contribution in [0.15, 0.2) is 51.7 Å². The minimum absolute atomic E-state index is 0.0104. The second kappa shape index (κ2) is 11.9. The Morgan fingerprint density at radius 3 is 2.58 bits per heavy atom. The Bertz CT molecular complexity index is 1590. The van der Waals surface area contributed by atoms with Gasteiger partial charge in [-0.2, -0.15) is 0 Å². The Morgan fingerprint density at radius 2 is 1.84 bits per heavy atom. The predicted octanol–water partition coefficient (Wildman–Crippen LogP) is 1.38. The third kappa shape index (κ3) is 6.17. The molecule has 1 aromatic heterocycles. The van der Waals surface area contributed by atoms with Gasteiger partial charge < -0.3 is 53.6 Å². The Hall–Kier alpha value is -4.14. The monoisotopic (exact) mass is 600 g/mol. The third-order valence-corrected chi connectivity index (χ3v) is 7.45. The maximum Gasteiger partial charge on any atom is 0.336 e. The van der Waals surface area contributed by atoms with Crippen LogP contribution in [0.2, 0.25) is 0 Å². The molecule has 5 N–H and O–H groups in total. The number of hydrogen-bond acceptors (Lipinski definition) is 13. The van der Waals surface area contributed by atoms with Crippen molar-refractivity contribution in [3.63, 3.8) is 0 Å². The lowest BCUT2D eigenvalue weighted by Gasteiger charge is -2.43. The van der Waals surface area contributed by atoms with E-state index in [1.807, 2.05) is 0 Å². The van der Waals surface area contributed by atoms with Crippen molar-refractivity contribution < 1.29 is 58.4 Å². The number of aromatic hydroxyl groups is 2. The summed E-state index contributed by atoms with van der Waals surface area (Å²) >= 11 is 0. The molecule has 2 aliphatic rings. The van der Waals surface area contributed by atoms with Crippen LogP contribution in [0.4, 0.5) is 0 Å². The molecule has 0 spiro atoms. The van der Waals surface area contributed by atoms with Gasteiger partial charge in [0.25, 0.3) is 0 Å². The SMILES string of the molecule is COc1cc(/C=C/C(=O)OC[C@H]2O[C@@H](OC(C)(C)[C@@H]3Cc4cc5ccc(=O)oc5c(O)c4O3)[C@H](O)[C@@H](O)[C@@H]2O)ccc1O. The van der Waals surface area contributed by atoms with E-state index in [0.29, 0.717) is 22.9 Å². The number of hydrogen-bond donors (Lipinski definition) is 5. The zero-order valence-electron chi connectivity index (χ0n) is 23.5. The predicted molar refractivity (Wildman–Crippen MR) is 149 cm³/mol. The molecule has 13 nitrogen and oxygen atoms in total. The second-order valence-corrected chi connectivity index (χ2v) is 10.8. The Kier molecular flexibility index (Phi) is 8.36. The molecular formula is C30H32O13. The first-order chi connectivity index (χ1) is 20.4. The summed E-state index contributed by atoms with van der Waals surface area (Å²) in [5.74, 6) is -0.802. The van der Waals surface area contributed by atoms with E-state index in [0.717, 1.165) is 6.08 Å². The number of benzene rings is 2. The molecule has 0 saturated carbocycles. The Labute approximate surface area is 245 Å². The van der Waals surface area contributed by atoms with Gasteiger partial charge in [-0.3, -0.25) is 0 Å². The van der Waals surface area contributed by atoms with Crippen molar-refractivity contribution in [2.45, 2.75) is 62.7 Å². The molecule has 5 rings (SSSR count). The molecule has 2 aliphatic heterocycles. The molecule has 2 aromatic carbocycles. The number of fused-ring (bicyclic) bond motifs is 2. The molecule has 0 bridgehead atoms. The molecule has 0 aliphatic carbocycles. The average Bonchev–Trinajstić information content (AvgIpc) is 3.42. The molecule has 3 heterocycles. The summed E-state index contributed by atoms with van der Waals surface area (Å²) in [5, 5.41) is 52.5. The molecule has 0 unspecified atom stereocenters. The standard InChI is InChI=1S/C30H32O13/c1-30(2,20-12-16-11-15-6-9-22(33)42-27(15)26(37)28(16)41-20)43-29-25(36)24(35)23(34)19(40-29)13-39-21(32)8-5-14-4-7-17(31)18(10-14)38-3/h4-11,19-20,23-25,29,31,34-37H,12-13H2,1-3H3/b8-5+/t19-,20+,23-,24+,25-,29+/m1/s1. The van der Waals surface area contributed by atoms with Gasteiger partial charge in [0.05, 0.1) is 7.11 Å². The van der Waals surface area contributed by atoms with Crippen LogP contribution >= 0.6 is 0 Å². The van der Waals surface area contributed by atoms with E-state index < -0.39 is 60.6 Å². The van der Waals surface area contributed by atoms with Crippen LogP contribution in [0.1, 0.15) is 25.0 Å². The summed E-state index contributed by atoms with van der Waals surface area (Å²) in [5.41, 5.74) is -0.619. The number of aliphatic hydroxyl groups excluding tert-OH is 3. The van der Waals surface area contributed by atoms with Gasteiger partial charge in [0, 0.05) is 29.5 Å². The lowest BCUT2D eigenvalue weighted by atomic mass is 9.95. The van der Waals surface area contributed by atoms with Gasteiger partial charge in [0.2, 0.25) is 5.75 Å². The zero-order valence-corrected chi connectivity index (χ0v) is 23.5. The molecule has 6 atom stereocenters. The first-order valence-electron chi connectivity index (χ1n) is 13.4. The Morgan fingerprint density at radius 1 is 1.07 bits per heavy atom. The number of carbonyl (C=O) groups excluding carboxylic acids is 1. The topological polar surface area (TPSA) is 195 Å². The number of esters is 1. The van der Waals surface area contributed by atoms with Crippen molar-refractivity contribution in [1.29, 1.82) is 0 Å². The van der Waals surface area contributed by atoms with Crippen molar-refractivity contribution in [2.24, 2.45) is 0 Å². The van der Waals surface area contributed by atoms with Crippen LogP contribution in [0.5, 0.6) is 23.0 Å². The number of aliphatic hydroxyl groups is 3. The molecule has 1 saturated heterocycles. The van der Waals surface area contributed by atoms with Gasteiger partial charge in [0.15, 0.2) is 29.1 Å². The van der Waals surface area contributed by atoms with E-state index in [2.05, 4.69) is 0 Å². The summed E-state index contributed by atoms with van der Waals surface area (Å²) in [4.78, 5) is 24.0. The van der Waals surface area contributed by atoms with E-state index >= 15 is 0 Å². The van der Waals surface area contributed by atoms with E-state index in [1.165, 1.54) is 37.5 Å². The summed E-state index contributed by atoms with van der Waals surface area (Å²) in [7, 11) is 1.39. The van der Waals surface area contributed by atoms with E-state index in [4.69, 9.17) is 28.1 Å². The summed E-state index contributed by atoms with van der Waals surface area (Å²) < 4.78 is 33.1. The smallest absolute Gasteiger partial charge is 0.336 e. The number of phenols is 2. The normalized spacial score (nSPS) is 25.4. The third-order valence-electron chi connectivity index (χ3n) is 7.45. The van der Waals surface area contributed by atoms with Crippen molar-refractivity contribution in [3.05, 3.63) is 64.0 Å². The fourth-order valence-electron chi connectivity index (χ4n) is 4.99. The molecule has 43 heavy (non-hydrogen) atoms. The van der Waals surface area contributed by atoms with Crippen molar-refractivity contribution >= 4 is 23.0 Å². The maximum absolute atomic E-state index is 12.3. The van der Waals surface area contributed by atoms with Crippen molar-refractivity contribution in [3.8, 4) is 23.0 Å². The minimum Gasteiger partial charge on any atom is -0.504 e. The van der Waals surface area contributed by atoms with E-state index in [1.54, 1.807) is 26.0 Å². The number of ether oxygens (including phenoxy) is 5. The lowest BCUT2D eigenvalue weighted by Crippen LogP contribution is -2.61. The van der Waals surface area contributed by atoms with Crippen molar-refractivity contribution in [2.75, 3.05) is 13.7 Å². The van der Waals surface area contributed by atoms with Gasteiger partial charge in [-0.15, -0.1) is 0 Å². The highest BCUT2D eigenvalue weighted by molar-refractivity contribution is 5.87. The van der Waals surface area contributed by atoms with Crippen LogP contribution in [-0.4, -0.2) is 87.6 Å². The molecule has 230 valence electrons. The summed E-state index contributed by atoms with van der Waals surface area (Å²) in [6.45, 7) is 2.85. The molecular weight excluding hydrogens is 568 g/mol. The van der Waals surface area contributed by atoms with E-state index in [9.17, 15) is 35.1 Å². The molecule has 3 aromatic rings. The molecule has 1 fully saturated rings. The number of rotatable bonds is 8. The van der Waals surface area contributed by atoms with Crippen LogP contribution in [0.25, 0.3) is 17.0 Å². The fraction of sp³-hybridized carbons (Fsp3) is 0.400. The number of methoxy groups -OCH3 is 1. The van der Waals surface area contributed by atoms with Crippen LogP contribution < -0.4 is 15.1 Å². The quantitative estimate of drug-likeness (QED) is 0.141. The lowest BCUT2D eigenvalue weighted by molar-refractivity contribution is -0.329. The van der Waals surface area contributed by atoms with Gasteiger partial charge >= 0.3 is 11.6 Å². The van der Waals surface area contributed by atoms with Gasteiger partial charge in [-0.1, -0.05) is 6.07 Å². The fourth-order valence-corrected chi connectivity index (χ4v) is 4.99. The van der Waals surface area contributed by atoms with Gasteiger partial charge in [0.1, 0.15) is 42.7 Å². The highest BCUT2D eigenvalue weighted by atomic mass is 16.7. The zero-order chi connectivity index (χ0) is 31.1.